The molecule has 0 bridgehead atoms. The van der Waals surface area contributed by atoms with Crippen molar-refractivity contribution in [3.05, 3.63) is 59.8 Å². The molecule has 4 aromatic rings. The van der Waals surface area contributed by atoms with Crippen molar-refractivity contribution in [2.75, 3.05) is 11.9 Å². The monoisotopic (exact) mass is 379 g/mol. The second-order valence-corrected chi connectivity index (χ2v) is 7.01. The molecule has 0 aliphatic heterocycles. The Kier molecular flexibility index (Phi) is 4.60. The van der Waals surface area contributed by atoms with Crippen LogP contribution in [0.15, 0.2) is 53.1 Å². The molecule has 2 aromatic heterocycles. The molecule has 0 radical (unpaired) electrons. The molecule has 0 aliphatic rings. The number of rotatable bonds is 5. The molecule has 0 fully saturated rings. The van der Waals surface area contributed by atoms with Gasteiger partial charge in [0.15, 0.2) is 16.6 Å². The normalized spacial score (nSPS) is 10.9. The number of carbonyl (C=O) groups excluding carboxylic acids is 1. The molecular weight excluding hydrogens is 362 g/mol. The number of ether oxygens (including phenoxy) is 1. The first-order valence-electron chi connectivity index (χ1n) is 8.51. The number of thiazole rings is 1. The summed E-state index contributed by atoms with van der Waals surface area (Å²) in [4.78, 5) is 16.9. The zero-order valence-electron chi connectivity index (χ0n) is 14.9. The van der Waals surface area contributed by atoms with E-state index in [9.17, 15) is 4.79 Å². The van der Waals surface area contributed by atoms with Gasteiger partial charge in [0.2, 0.25) is 0 Å². The summed E-state index contributed by atoms with van der Waals surface area (Å²) in [5.74, 6) is 0.970. The fourth-order valence-electron chi connectivity index (χ4n) is 2.61. The van der Waals surface area contributed by atoms with Gasteiger partial charge in [-0.05, 0) is 32.0 Å². The first-order chi connectivity index (χ1) is 13.1. The average molecular weight is 379 g/mol. The molecule has 0 aliphatic carbocycles. The Labute approximate surface area is 159 Å². The van der Waals surface area contributed by atoms with Gasteiger partial charge in [0, 0.05) is 11.6 Å². The van der Waals surface area contributed by atoms with Gasteiger partial charge >= 0.3 is 0 Å². The standard InChI is InChI=1S/C20H17N3O3S/c1-3-25-14-8-9-15-18(10-14)27-20(21-15)22-19(24)16-11-17(26-23-16)13-6-4-12(2)5-7-13/h4-11H,3H2,1-2H3,(H,21,22,24). The predicted octanol–water partition coefficient (Wildman–Crippen LogP) is 4.91. The zero-order chi connectivity index (χ0) is 18.8. The lowest BCUT2D eigenvalue weighted by molar-refractivity contribution is 0.101. The van der Waals surface area contributed by atoms with Crippen LogP contribution in [-0.4, -0.2) is 22.7 Å². The second-order valence-electron chi connectivity index (χ2n) is 5.98. The first-order valence-corrected chi connectivity index (χ1v) is 9.32. The van der Waals surface area contributed by atoms with Crippen LogP contribution in [0, 0.1) is 6.92 Å². The van der Waals surface area contributed by atoms with Crippen LogP contribution in [0.4, 0.5) is 5.13 Å². The van der Waals surface area contributed by atoms with Crippen LogP contribution in [-0.2, 0) is 0 Å². The summed E-state index contributed by atoms with van der Waals surface area (Å²) in [6.07, 6.45) is 0. The Hall–Kier alpha value is -3.19. The van der Waals surface area contributed by atoms with Crippen molar-refractivity contribution in [3.8, 4) is 17.1 Å². The highest BCUT2D eigenvalue weighted by molar-refractivity contribution is 7.22. The number of anilines is 1. The molecule has 1 N–H and O–H groups in total. The summed E-state index contributed by atoms with van der Waals surface area (Å²) < 4.78 is 11.7. The summed E-state index contributed by atoms with van der Waals surface area (Å²) in [7, 11) is 0. The third kappa shape index (κ3) is 3.68. The molecule has 0 spiro atoms. The molecule has 0 atom stereocenters. The van der Waals surface area contributed by atoms with Gasteiger partial charge in [0.1, 0.15) is 5.75 Å². The van der Waals surface area contributed by atoms with Crippen LogP contribution >= 0.6 is 11.3 Å². The molecule has 2 heterocycles. The first kappa shape index (κ1) is 17.2. The second kappa shape index (κ2) is 7.20. The lowest BCUT2D eigenvalue weighted by Crippen LogP contribution is -2.11. The van der Waals surface area contributed by atoms with Crippen molar-refractivity contribution in [3.63, 3.8) is 0 Å². The number of hydrogen-bond acceptors (Lipinski definition) is 6. The molecule has 27 heavy (non-hydrogen) atoms. The van der Waals surface area contributed by atoms with Crippen LogP contribution < -0.4 is 10.1 Å². The number of aryl methyl sites for hydroxylation is 1. The van der Waals surface area contributed by atoms with E-state index in [4.69, 9.17) is 9.26 Å². The number of amides is 1. The Morgan fingerprint density at radius 1 is 1.19 bits per heavy atom. The molecule has 0 unspecified atom stereocenters. The summed E-state index contributed by atoms with van der Waals surface area (Å²) in [6, 6.07) is 15.1. The zero-order valence-corrected chi connectivity index (χ0v) is 15.7. The molecule has 1 amide bonds. The van der Waals surface area contributed by atoms with E-state index in [0.29, 0.717) is 17.5 Å². The van der Waals surface area contributed by atoms with Gasteiger partial charge in [0.25, 0.3) is 5.91 Å². The maximum absolute atomic E-state index is 12.5. The van der Waals surface area contributed by atoms with Crippen LogP contribution in [0.1, 0.15) is 23.0 Å². The van der Waals surface area contributed by atoms with Crippen LogP contribution in [0.3, 0.4) is 0 Å². The van der Waals surface area contributed by atoms with Crippen molar-refractivity contribution in [1.29, 1.82) is 0 Å². The average Bonchev–Trinajstić information content (AvgIpc) is 3.29. The Morgan fingerprint density at radius 2 is 2.00 bits per heavy atom. The number of aromatic nitrogens is 2. The highest BCUT2D eigenvalue weighted by Crippen LogP contribution is 2.29. The predicted molar refractivity (Wildman–Crippen MR) is 105 cm³/mol. The van der Waals surface area contributed by atoms with Crippen LogP contribution in [0.2, 0.25) is 0 Å². The van der Waals surface area contributed by atoms with E-state index in [0.717, 1.165) is 27.1 Å². The van der Waals surface area contributed by atoms with Gasteiger partial charge in [-0.1, -0.05) is 46.3 Å². The third-order valence-corrected chi connectivity index (χ3v) is 4.90. The third-order valence-electron chi connectivity index (χ3n) is 3.97. The molecule has 0 saturated carbocycles. The van der Waals surface area contributed by atoms with Gasteiger partial charge in [-0.2, -0.15) is 0 Å². The van der Waals surface area contributed by atoms with Gasteiger partial charge < -0.3 is 9.26 Å². The maximum atomic E-state index is 12.5. The van der Waals surface area contributed by atoms with Gasteiger partial charge in [0.05, 0.1) is 16.8 Å². The van der Waals surface area contributed by atoms with Crippen molar-refractivity contribution >= 4 is 32.6 Å². The topological polar surface area (TPSA) is 77.2 Å². The number of nitrogens with zero attached hydrogens (tertiary/aromatic N) is 2. The molecule has 2 aromatic carbocycles. The van der Waals surface area contributed by atoms with Crippen molar-refractivity contribution in [1.82, 2.24) is 10.1 Å². The number of benzene rings is 2. The SMILES string of the molecule is CCOc1ccc2nc(NC(=O)c3cc(-c4ccc(C)cc4)on3)sc2c1. The Morgan fingerprint density at radius 3 is 2.78 bits per heavy atom. The fourth-order valence-corrected chi connectivity index (χ4v) is 3.50. The van der Waals surface area contributed by atoms with Crippen LogP contribution in [0.5, 0.6) is 5.75 Å². The molecule has 6 nitrogen and oxygen atoms in total. The van der Waals surface area contributed by atoms with Crippen molar-refractivity contribution in [2.24, 2.45) is 0 Å². The lowest BCUT2D eigenvalue weighted by atomic mass is 10.1. The van der Waals surface area contributed by atoms with Crippen LogP contribution in [0.25, 0.3) is 21.5 Å². The van der Waals surface area contributed by atoms with E-state index < -0.39 is 0 Å². The van der Waals surface area contributed by atoms with Crippen molar-refractivity contribution < 1.29 is 14.1 Å². The van der Waals surface area contributed by atoms with Gasteiger partial charge in [-0.25, -0.2) is 4.98 Å². The smallest absolute Gasteiger partial charge is 0.279 e. The number of fused-ring (bicyclic) bond motifs is 1. The van der Waals surface area contributed by atoms with E-state index in [1.807, 2.05) is 56.3 Å². The molecule has 7 heteroatoms. The number of hydrogen-bond donors (Lipinski definition) is 1. The minimum Gasteiger partial charge on any atom is -0.494 e. The number of carbonyl (C=O) groups is 1. The van der Waals surface area contributed by atoms with E-state index in [2.05, 4.69) is 15.5 Å². The molecular formula is C20H17N3O3S. The Bertz CT molecular complexity index is 1100. The van der Waals surface area contributed by atoms with E-state index in [-0.39, 0.29) is 11.6 Å². The molecule has 0 saturated heterocycles. The number of nitrogens with one attached hydrogen (secondary N) is 1. The van der Waals surface area contributed by atoms with Gasteiger partial charge in [-0.3, -0.25) is 10.1 Å². The van der Waals surface area contributed by atoms with E-state index in [1.165, 1.54) is 11.3 Å². The van der Waals surface area contributed by atoms with Gasteiger partial charge in [-0.15, -0.1) is 0 Å². The summed E-state index contributed by atoms with van der Waals surface area (Å²) in [5.41, 5.74) is 3.04. The molecule has 4 rings (SSSR count). The summed E-state index contributed by atoms with van der Waals surface area (Å²) in [6.45, 7) is 4.55. The highest BCUT2D eigenvalue weighted by Gasteiger charge is 2.16. The quantitative estimate of drug-likeness (QED) is 0.533. The summed E-state index contributed by atoms with van der Waals surface area (Å²) >= 11 is 1.38. The Balaban J connectivity index is 1.52. The van der Waals surface area contributed by atoms with Crippen molar-refractivity contribution in [2.45, 2.75) is 13.8 Å². The van der Waals surface area contributed by atoms with E-state index in [1.54, 1.807) is 6.07 Å². The minimum absolute atomic E-state index is 0.208. The van der Waals surface area contributed by atoms with E-state index >= 15 is 0 Å². The fraction of sp³-hybridized carbons (Fsp3) is 0.150. The minimum atomic E-state index is -0.360. The highest BCUT2D eigenvalue weighted by atomic mass is 32.1. The molecule has 136 valence electrons. The summed E-state index contributed by atoms with van der Waals surface area (Å²) in [5, 5.41) is 7.15. The largest absolute Gasteiger partial charge is 0.494 e. The maximum Gasteiger partial charge on any atom is 0.279 e. The lowest BCUT2D eigenvalue weighted by Gasteiger charge is -2.00.